The van der Waals surface area contributed by atoms with Crippen LogP contribution in [0.1, 0.15) is 38.5 Å². The highest BCUT2D eigenvalue weighted by Gasteiger charge is 2.53. The molecule has 0 aromatic carbocycles. The molecule has 108 valence electrons. The normalized spacial score (nSPS) is 40.0. The number of aliphatic hydroxyl groups excluding tert-OH is 1. The molecule has 1 aromatic heterocycles. The second kappa shape index (κ2) is 4.45. The smallest absolute Gasteiger partial charge is 0.250 e. The van der Waals surface area contributed by atoms with Gasteiger partial charge in [0.05, 0.1) is 12.6 Å². The number of rotatable bonds is 3. The molecular weight excluding hydrogens is 250 g/mol. The lowest BCUT2D eigenvalue weighted by molar-refractivity contribution is -0.124. The quantitative estimate of drug-likeness (QED) is 0.919. The van der Waals surface area contributed by atoms with Crippen molar-refractivity contribution in [2.45, 2.75) is 51.2 Å². The minimum atomic E-state index is -0.365. The molecule has 0 spiro atoms. The molecule has 4 aliphatic carbocycles. The highest BCUT2D eigenvalue weighted by atomic mass is 16.3. The van der Waals surface area contributed by atoms with Gasteiger partial charge < -0.3 is 9.67 Å². The van der Waals surface area contributed by atoms with Gasteiger partial charge in [-0.15, -0.1) is 0 Å². The summed E-state index contributed by atoms with van der Waals surface area (Å²) < 4.78 is 1.67. The molecule has 4 aliphatic rings. The molecule has 4 saturated carbocycles. The largest absolute Gasteiger partial charge is 0.391 e. The summed E-state index contributed by atoms with van der Waals surface area (Å²) in [5.41, 5.74) is 0.0978. The third kappa shape index (κ3) is 1.95. The topological polar surface area (TPSA) is 42.2 Å². The van der Waals surface area contributed by atoms with Crippen molar-refractivity contribution in [1.82, 2.24) is 4.57 Å². The first-order valence-electron chi connectivity index (χ1n) is 7.98. The van der Waals surface area contributed by atoms with E-state index < -0.39 is 0 Å². The van der Waals surface area contributed by atoms with Gasteiger partial charge in [-0.05, 0) is 67.8 Å². The average molecular weight is 273 g/mol. The van der Waals surface area contributed by atoms with Crippen molar-refractivity contribution in [3.05, 3.63) is 34.7 Å². The van der Waals surface area contributed by atoms with E-state index in [0.29, 0.717) is 6.54 Å². The highest BCUT2D eigenvalue weighted by molar-refractivity contribution is 5.05. The predicted octanol–water partition coefficient (Wildman–Crippen LogP) is 2.43. The Balaban J connectivity index is 1.58. The van der Waals surface area contributed by atoms with Gasteiger partial charge in [-0.2, -0.15) is 0 Å². The monoisotopic (exact) mass is 273 g/mol. The second-order valence-corrected chi connectivity index (χ2v) is 7.49. The molecule has 0 radical (unpaired) electrons. The van der Waals surface area contributed by atoms with E-state index in [1.54, 1.807) is 22.9 Å². The lowest BCUT2D eigenvalue weighted by Gasteiger charge is -2.58. The number of aliphatic hydroxyl groups is 1. The van der Waals surface area contributed by atoms with E-state index in [9.17, 15) is 9.90 Å². The van der Waals surface area contributed by atoms with Crippen molar-refractivity contribution in [2.24, 2.45) is 23.2 Å². The first kappa shape index (κ1) is 12.6. The fourth-order valence-corrected chi connectivity index (χ4v) is 5.58. The van der Waals surface area contributed by atoms with E-state index in [1.807, 2.05) is 6.07 Å². The van der Waals surface area contributed by atoms with E-state index in [2.05, 4.69) is 0 Å². The summed E-state index contributed by atoms with van der Waals surface area (Å²) in [6, 6.07) is 5.20. The Morgan fingerprint density at radius 3 is 2.30 bits per heavy atom. The molecule has 0 saturated heterocycles. The zero-order chi connectivity index (χ0) is 13.7. The fourth-order valence-electron chi connectivity index (χ4n) is 5.58. The molecule has 4 bridgehead atoms. The Hall–Kier alpha value is -1.09. The standard InChI is InChI=1S/C17H23NO2/c19-15(11-18-4-2-1-3-16(18)20)17-8-12-5-13(9-17)7-14(6-12)10-17/h1-4,12-15,19H,5-11H2. The van der Waals surface area contributed by atoms with Gasteiger partial charge >= 0.3 is 0 Å². The Bertz CT molecular complexity index is 527. The summed E-state index contributed by atoms with van der Waals surface area (Å²) in [4.78, 5) is 11.8. The van der Waals surface area contributed by atoms with Crippen LogP contribution >= 0.6 is 0 Å². The van der Waals surface area contributed by atoms with Crippen molar-refractivity contribution >= 4 is 0 Å². The Kier molecular flexibility index (Phi) is 2.81. The van der Waals surface area contributed by atoms with Crippen molar-refractivity contribution in [2.75, 3.05) is 0 Å². The van der Waals surface area contributed by atoms with E-state index >= 15 is 0 Å². The summed E-state index contributed by atoms with van der Waals surface area (Å²) >= 11 is 0. The first-order chi connectivity index (χ1) is 9.64. The van der Waals surface area contributed by atoms with Gasteiger partial charge in [-0.1, -0.05) is 6.07 Å². The summed E-state index contributed by atoms with van der Waals surface area (Å²) in [6.45, 7) is 0.464. The van der Waals surface area contributed by atoms with Gasteiger partial charge in [-0.3, -0.25) is 4.79 Å². The zero-order valence-electron chi connectivity index (χ0n) is 11.9. The van der Waals surface area contributed by atoms with Gasteiger partial charge in [0.25, 0.3) is 5.56 Å². The average Bonchev–Trinajstić information content (AvgIpc) is 2.40. The number of pyridine rings is 1. The molecule has 4 fully saturated rings. The van der Waals surface area contributed by atoms with Gasteiger partial charge in [-0.25, -0.2) is 0 Å². The molecule has 1 aromatic rings. The second-order valence-electron chi connectivity index (χ2n) is 7.49. The Labute approximate surface area is 119 Å². The van der Waals surface area contributed by atoms with E-state index in [0.717, 1.165) is 17.8 Å². The van der Waals surface area contributed by atoms with Crippen molar-refractivity contribution < 1.29 is 5.11 Å². The van der Waals surface area contributed by atoms with E-state index in [4.69, 9.17) is 0 Å². The molecule has 0 amide bonds. The van der Waals surface area contributed by atoms with Crippen LogP contribution in [0.25, 0.3) is 0 Å². The lowest BCUT2D eigenvalue weighted by Crippen LogP contribution is -2.53. The van der Waals surface area contributed by atoms with Crippen LogP contribution in [-0.2, 0) is 6.54 Å². The van der Waals surface area contributed by atoms with E-state index in [1.165, 1.54) is 38.5 Å². The van der Waals surface area contributed by atoms with Crippen LogP contribution < -0.4 is 5.56 Å². The summed E-state index contributed by atoms with van der Waals surface area (Å²) in [5.74, 6) is 2.51. The molecular formula is C17H23NO2. The van der Waals surface area contributed by atoms with Crippen LogP contribution in [0, 0.1) is 23.2 Å². The minimum absolute atomic E-state index is 0.00345. The van der Waals surface area contributed by atoms with Crippen molar-refractivity contribution in [3.8, 4) is 0 Å². The number of aromatic nitrogens is 1. The van der Waals surface area contributed by atoms with Gasteiger partial charge in [0, 0.05) is 12.3 Å². The molecule has 1 unspecified atom stereocenters. The van der Waals surface area contributed by atoms with Crippen molar-refractivity contribution in [3.63, 3.8) is 0 Å². The maximum Gasteiger partial charge on any atom is 0.250 e. The van der Waals surface area contributed by atoms with Crippen LogP contribution in [0.15, 0.2) is 29.2 Å². The molecule has 0 aliphatic heterocycles. The lowest BCUT2D eigenvalue weighted by atomic mass is 9.48. The van der Waals surface area contributed by atoms with Gasteiger partial charge in [0.15, 0.2) is 0 Å². The van der Waals surface area contributed by atoms with E-state index in [-0.39, 0.29) is 17.1 Å². The SMILES string of the molecule is O=c1ccccn1CC(O)C12CC3CC(CC(C3)C1)C2. The Morgan fingerprint density at radius 1 is 1.15 bits per heavy atom. The maximum absolute atomic E-state index is 11.8. The highest BCUT2D eigenvalue weighted by Crippen LogP contribution is 2.61. The molecule has 1 heterocycles. The summed E-state index contributed by atoms with van der Waals surface area (Å²) in [5, 5.41) is 10.8. The molecule has 3 heteroatoms. The summed E-state index contributed by atoms with van der Waals surface area (Å²) in [6.07, 6.45) is 9.14. The van der Waals surface area contributed by atoms with Crippen LogP contribution in [0.5, 0.6) is 0 Å². The van der Waals surface area contributed by atoms with Crippen molar-refractivity contribution in [1.29, 1.82) is 0 Å². The molecule has 1 N–H and O–H groups in total. The third-order valence-electron chi connectivity index (χ3n) is 6.06. The minimum Gasteiger partial charge on any atom is -0.391 e. The third-order valence-corrected chi connectivity index (χ3v) is 6.06. The number of hydrogen-bond acceptors (Lipinski definition) is 2. The van der Waals surface area contributed by atoms with Gasteiger partial charge in [0.2, 0.25) is 0 Å². The van der Waals surface area contributed by atoms with Crippen LogP contribution in [0.2, 0.25) is 0 Å². The maximum atomic E-state index is 11.8. The number of nitrogens with zero attached hydrogens (tertiary/aromatic N) is 1. The van der Waals surface area contributed by atoms with Gasteiger partial charge in [0.1, 0.15) is 0 Å². The fraction of sp³-hybridized carbons (Fsp3) is 0.706. The first-order valence-corrected chi connectivity index (χ1v) is 7.98. The zero-order valence-corrected chi connectivity index (χ0v) is 11.9. The van der Waals surface area contributed by atoms with Crippen LogP contribution in [-0.4, -0.2) is 15.8 Å². The number of hydrogen-bond donors (Lipinski definition) is 1. The Morgan fingerprint density at radius 2 is 1.75 bits per heavy atom. The molecule has 3 nitrogen and oxygen atoms in total. The molecule has 5 rings (SSSR count). The molecule has 20 heavy (non-hydrogen) atoms. The van der Waals surface area contributed by atoms with Crippen LogP contribution in [0.3, 0.4) is 0 Å². The molecule has 1 atom stereocenters. The summed E-state index contributed by atoms with van der Waals surface area (Å²) in [7, 11) is 0. The van der Waals surface area contributed by atoms with Crippen LogP contribution in [0.4, 0.5) is 0 Å². The predicted molar refractivity (Wildman–Crippen MR) is 77.3 cm³/mol.